The van der Waals surface area contributed by atoms with E-state index >= 15 is 0 Å². The van der Waals surface area contributed by atoms with Gasteiger partial charge in [0, 0.05) is 25.7 Å². The first-order chi connectivity index (χ1) is 9.32. The van der Waals surface area contributed by atoms with Gasteiger partial charge in [0.2, 0.25) is 0 Å². The molecule has 1 aliphatic rings. The van der Waals surface area contributed by atoms with Crippen LogP contribution in [-0.2, 0) is 4.79 Å². The van der Waals surface area contributed by atoms with Crippen LogP contribution in [0.15, 0.2) is 0 Å². The van der Waals surface area contributed by atoms with Crippen LogP contribution < -0.4 is 0 Å². The van der Waals surface area contributed by atoms with Crippen molar-refractivity contribution in [2.24, 2.45) is 5.92 Å². The molecular weight excluding hydrogens is 260 g/mol. The molecule has 1 atom stereocenters. The Morgan fingerprint density at radius 2 is 1.80 bits per heavy atom. The van der Waals surface area contributed by atoms with E-state index in [2.05, 4.69) is 0 Å². The third-order valence-corrected chi connectivity index (χ3v) is 3.93. The number of carboxylic acid groups (broad SMARTS) is 1. The van der Waals surface area contributed by atoms with Crippen LogP contribution in [0.1, 0.15) is 40.0 Å². The minimum atomic E-state index is -0.892. The van der Waals surface area contributed by atoms with Gasteiger partial charge < -0.3 is 20.0 Å². The van der Waals surface area contributed by atoms with E-state index in [1.807, 2.05) is 13.8 Å². The number of rotatable bonds is 5. The molecule has 1 rings (SSSR count). The molecule has 0 spiro atoms. The second-order valence-electron chi connectivity index (χ2n) is 5.78. The van der Waals surface area contributed by atoms with Crippen molar-refractivity contribution in [1.82, 2.24) is 9.80 Å². The molecule has 2 amide bonds. The molecule has 0 aromatic rings. The van der Waals surface area contributed by atoms with Gasteiger partial charge in [-0.2, -0.15) is 0 Å². The lowest BCUT2D eigenvalue weighted by molar-refractivity contribution is -0.137. The molecule has 1 saturated heterocycles. The van der Waals surface area contributed by atoms with Gasteiger partial charge >= 0.3 is 12.0 Å². The first-order valence-corrected chi connectivity index (χ1v) is 7.28. The van der Waals surface area contributed by atoms with E-state index in [1.54, 1.807) is 16.7 Å². The fraction of sp³-hybridized carbons (Fsp3) is 0.857. The quantitative estimate of drug-likeness (QED) is 0.800. The number of carbonyl (C=O) groups is 2. The Morgan fingerprint density at radius 1 is 1.25 bits per heavy atom. The maximum atomic E-state index is 12.4. The number of aliphatic carboxylic acids is 1. The SMILES string of the molecule is CC(O)C1CCN(C(=O)N(CCC(=O)O)C(C)C)CC1. The summed E-state index contributed by atoms with van der Waals surface area (Å²) in [7, 11) is 0. The highest BCUT2D eigenvalue weighted by Gasteiger charge is 2.29. The molecular formula is C14H26N2O4. The van der Waals surface area contributed by atoms with Crippen LogP contribution in [0.3, 0.4) is 0 Å². The fourth-order valence-electron chi connectivity index (χ4n) is 2.55. The number of nitrogens with zero attached hydrogens (tertiary/aromatic N) is 2. The Bertz CT molecular complexity index is 336. The van der Waals surface area contributed by atoms with E-state index in [9.17, 15) is 14.7 Å². The maximum absolute atomic E-state index is 12.4. The largest absolute Gasteiger partial charge is 0.481 e. The number of hydrogen-bond acceptors (Lipinski definition) is 3. The van der Waals surface area contributed by atoms with Crippen molar-refractivity contribution in [3.8, 4) is 0 Å². The van der Waals surface area contributed by atoms with Crippen LogP contribution >= 0.6 is 0 Å². The average molecular weight is 286 g/mol. The lowest BCUT2D eigenvalue weighted by atomic mass is 9.92. The van der Waals surface area contributed by atoms with Gasteiger partial charge in [0.15, 0.2) is 0 Å². The number of carbonyl (C=O) groups excluding carboxylic acids is 1. The van der Waals surface area contributed by atoms with Gasteiger partial charge in [-0.3, -0.25) is 4.79 Å². The highest BCUT2D eigenvalue weighted by atomic mass is 16.4. The Kier molecular flexibility index (Phi) is 6.26. The molecule has 0 radical (unpaired) electrons. The van der Waals surface area contributed by atoms with Crippen molar-refractivity contribution in [3.05, 3.63) is 0 Å². The third kappa shape index (κ3) is 4.67. The molecule has 6 nitrogen and oxygen atoms in total. The summed E-state index contributed by atoms with van der Waals surface area (Å²) < 4.78 is 0. The third-order valence-electron chi connectivity index (χ3n) is 3.93. The van der Waals surface area contributed by atoms with Gasteiger partial charge in [-0.25, -0.2) is 4.79 Å². The smallest absolute Gasteiger partial charge is 0.320 e. The number of aliphatic hydroxyl groups is 1. The van der Waals surface area contributed by atoms with Crippen LogP contribution in [0.2, 0.25) is 0 Å². The Labute approximate surface area is 120 Å². The zero-order chi connectivity index (χ0) is 15.3. The number of urea groups is 1. The highest BCUT2D eigenvalue weighted by Crippen LogP contribution is 2.21. The van der Waals surface area contributed by atoms with E-state index in [0.717, 1.165) is 12.8 Å². The molecule has 2 N–H and O–H groups in total. The molecule has 0 saturated carbocycles. The summed E-state index contributed by atoms with van der Waals surface area (Å²) >= 11 is 0. The van der Waals surface area contributed by atoms with Crippen LogP contribution in [0.4, 0.5) is 4.79 Å². The van der Waals surface area contributed by atoms with Crippen LogP contribution in [-0.4, -0.2) is 63.8 Å². The monoisotopic (exact) mass is 286 g/mol. The number of hydrogen-bond donors (Lipinski definition) is 2. The molecule has 1 fully saturated rings. The summed E-state index contributed by atoms with van der Waals surface area (Å²) in [4.78, 5) is 26.5. The van der Waals surface area contributed by atoms with E-state index in [-0.39, 0.29) is 37.1 Å². The maximum Gasteiger partial charge on any atom is 0.320 e. The summed E-state index contributed by atoms with van der Waals surface area (Å²) in [5.41, 5.74) is 0. The van der Waals surface area contributed by atoms with Gasteiger partial charge in [-0.05, 0) is 39.5 Å². The van der Waals surface area contributed by atoms with Crippen molar-refractivity contribution < 1.29 is 19.8 Å². The zero-order valence-electron chi connectivity index (χ0n) is 12.6. The van der Waals surface area contributed by atoms with Crippen molar-refractivity contribution in [2.75, 3.05) is 19.6 Å². The number of carboxylic acids is 1. The number of likely N-dealkylation sites (tertiary alicyclic amines) is 1. The van der Waals surface area contributed by atoms with Gasteiger partial charge in [0.05, 0.1) is 12.5 Å². The minimum Gasteiger partial charge on any atom is -0.481 e. The van der Waals surface area contributed by atoms with Crippen molar-refractivity contribution >= 4 is 12.0 Å². The predicted octanol–water partition coefficient (Wildman–Crippen LogP) is 1.38. The average Bonchev–Trinajstić information content (AvgIpc) is 2.38. The molecule has 1 heterocycles. The van der Waals surface area contributed by atoms with Crippen LogP contribution in [0.5, 0.6) is 0 Å². The number of piperidine rings is 1. The van der Waals surface area contributed by atoms with E-state index < -0.39 is 5.97 Å². The molecule has 0 aromatic carbocycles. The fourth-order valence-corrected chi connectivity index (χ4v) is 2.55. The Balaban J connectivity index is 2.56. The summed E-state index contributed by atoms with van der Waals surface area (Å²) in [5, 5.41) is 18.3. The summed E-state index contributed by atoms with van der Waals surface area (Å²) in [6.45, 7) is 7.07. The number of aliphatic hydroxyl groups excluding tert-OH is 1. The molecule has 116 valence electrons. The van der Waals surface area contributed by atoms with Gasteiger partial charge in [0.1, 0.15) is 0 Å². The number of amides is 2. The second-order valence-corrected chi connectivity index (χ2v) is 5.78. The second kappa shape index (κ2) is 7.47. The summed E-state index contributed by atoms with van der Waals surface area (Å²) in [6.07, 6.45) is 1.23. The molecule has 1 aliphatic heterocycles. The van der Waals surface area contributed by atoms with Gasteiger partial charge in [-0.15, -0.1) is 0 Å². The molecule has 1 unspecified atom stereocenters. The summed E-state index contributed by atoms with van der Waals surface area (Å²) in [6, 6.07) is -0.110. The van der Waals surface area contributed by atoms with Gasteiger partial charge in [-0.1, -0.05) is 0 Å². The normalized spacial score (nSPS) is 18.1. The van der Waals surface area contributed by atoms with Crippen molar-refractivity contribution in [1.29, 1.82) is 0 Å². The van der Waals surface area contributed by atoms with E-state index in [1.165, 1.54) is 0 Å². The summed E-state index contributed by atoms with van der Waals surface area (Å²) in [5.74, 6) is -0.637. The Morgan fingerprint density at radius 3 is 2.20 bits per heavy atom. The van der Waals surface area contributed by atoms with Crippen molar-refractivity contribution in [3.63, 3.8) is 0 Å². The lowest BCUT2D eigenvalue weighted by Gasteiger charge is -2.38. The van der Waals surface area contributed by atoms with E-state index in [0.29, 0.717) is 13.1 Å². The minimum absolute atomic E-state index is 0.0173. The Hall–Kier alpha value is -1.30. The molecule has 6 heteroatoms. The van der Waals surface area contributed by atoms with Crippen molar-refractivity contribution in [2.45, 2.75) is 52.2 Å². The molecule has 0 bridgehead atoms. The first kappa shape index (κ1) is 16.8. The molecule has 0 aromatic heterocycles. The van der Waals surface area contributed by atoms with Crippen LogP contribution in [0, 0.1) is 5.92 Å². The standard InChI is InChI=1S/C14H26N2O4/c1-10(2)16(9-6-13(18)19)14(20)15-7-4-12(5-8-15)11(3)17/h10-12,17H,4-9H2,1-3H3,(H,18,19). The molecule has 0 aliphatic carbocycles. The topological polar surface area (TPSA) is 81.1 Å². The zero-order valence-corrected chi connectivity index (χ0v) is 12.6. The predicted molar refractivity (Wildman–Crippen MR) is 75.5 cm³/mol. The van der Waals surface area contributed by atoms with Gasteiger partial charge in [0.25, 0.3) is 0 Å². The van der Waals surface area contributed by atoms with E-state index in [4.69, 9.17) is 5.11 Å². The highest BCUT2D eigenvalue weighted by molar-refractivity contribution is 5.76. The van der Waals surface area contributed by atoms with Crippen LogP contribution in [0.25, 0.3) is 0 Å². The first-order valence-electron chi connectivity index (χ1n) is 7.28. The lowest BCUT2D eigenvalue weighted by Crippen LogP contribution is -2.50. The molecule has 20 heavy (non-hydrogen) atoms.